The van der Waals surface area contributed by atoms with Crippen LogP contribution < -0.4 is 17.1 Å². The summed E-state index contributed by atoms with van der Waals surface area (Å²) in [6.45, 7) is -0.449. The predicted molar refractivity (Wildman–Crippen MR) is 57.4 cm³/mol. The zero-order chi connectivity index (χ0) is 13.3. The first-order chi connectivity index (χ1) is 8.58. The van der Waals surface area contributed by atoms with Gasteiger partial charge in [0.15, 0.2) is 12.3 Å². The summed E-state index contributed by atoms with van der Waals surface area (Å²) in [6, 6.07) is 1.12. The third-order valence-corrected chi connectivity index (χ3v) is 2.78. The fraction of sp³-hybridized carbons (Fsp3) is 0.556. The lowest BCUT2D eigenvalue weighted by Gasteiger charge is -2.19. The van der Waals surface area contributed by atoms with Crippen molar-refractivity contribution in [3.05, 3.63) is 33.1 Å². The number of aromatic amines is 1. The molecule has 18 heavy (non-hydrogen) atoms. The summed E-state index contributed by atoms with van der Waals surface area (Å²) in [5.41, 5.74) is -1.28. The maximum absolute atomic E-state index is 11.6. The highest BCUT2D eigenvalue weighted by Gasteiger charge is 2.45. The first-order valence-corrected chi connectivity index (χ1v) is 5.20. The van der Waals surface area contributed by atoms with Gasteiger partial charge >= 0.3 is 5.69 Å². The molecular formula is C9H13N3O6. The fourth-order valence-corrected chi connectivity index (χ4v) is 1.87. The SMILES string of the molecule is NOC1C(O)[C@@H](CO)O[C@H]1n1ccc(=O)[nH]c1=O. The monoisotopic (exact) mass is 259 g/mol. The number of nitrogens with zero attached hydrogens (tertiary/aromatic N) is 1. The van der Waals surface area contributed by atoms with E-state index in [4.69, 9.17) is 15.7 Å². The van der Waals surface area contributed by atoms with Crippen LogP contribution in [-0.2, 0) is 9.57 Å². The molecule has 9 heteroatoms. The molecule has 4 atom stereocenters. The highest BCUT2D eigenvalue weighted by Crippen LogP contribution is 2.29. The number of ether oxygens (including phenoxy) is 1. The maximum Gasteiger partial charge on any atom is 0.330 e. The predicted octanol–water partition coefficient (Wildman–Crippen LogP) is -2.95. The Morgan fingerprint density at radius 2 is 2.28 bits per heavy atom. The van der Waals surface area contributed by atoms with E-state index in [0.29, 0.717) is 0 Å². The van der Waals surface area contributed by atoms with E-state index >= 15 is 0 Å². The number of hydrogen-bond donors (Lipinski definition) is 4. The van der Waals surface area contributed by atoms with Crippen LogP contribution in [0.1, 0.15) is 6.23 Å². The normalized spacial score (nSPS) is 31.7. The zero-order valence-corrected chi connectivity index (χ0v) is 9.22. The van der Waals surface area contributed by atoms with Crippen molar-refractivity contribution in [2.45, 2.75) is 24.5 Å². The Hall–Kier alpha value is -1.52. The van der Waals surface area contributed by atoms with Crippen molar-refractivity contribution in [3.63, 3.8) is 0 Å². The number of nitrogens with one attached hydrogen (secondary N) is 1. The Balaban J connectivity index is 2.38. The molecule has 1 aliphatic rings. The molecule has 0 bridgehead atoms. The molecule has 0 amide bonds. The number of aliphatic hydroxyl groups is 2. The second-order valence-corrected chi connectivity index (χ2v) is 3.86. The van der Waals surface area contributed by atoms with Gasteiger partial charge in [0, 0.05) is 12.3 Å². The molecular weight excluding hydrogens is 246 g/mol. The number of aliphatic hydroxyl groups excluding tert-OH is 2. The molecule has 1 saturated heterocycles. The number of rotatable bonds is 3. The molecule has 0 saturated carbocycles. The summed E-state index contributed by atoms with van der Waals surface area (Å²) in [7, 11) is 0. The van der Waals surface area contributed by atoms with Crippen LogP contribution in [0.15, 0.2) is 21.9 Å². The molecule has 1 aliphatic heterocycles. The van der Waals surface area contributed by atoms with Crippen molar-refractivity contribution in [3.8, 4) is 0 Å². The van der Waals surface area contributed by atoms with Gasteiger partial charge in [-0.3, -0.25) is 19.2 Å². The van der Waals surface area contributed by atoms with Crippen LogP contribution in [0.3, 0.4) is 0 Å². The summed E-state index contributed by atoms with van der Waals surface area (Å²) >= 11 is 0. The minimum Gasteiger partial charge on any atom is -0.394 e. The average Bonchev–Trinajstić information content (AvgIpc) is 2.65. The highest BCUT2D eigenvalue weighted by molar-refractivity contribution is 4.93. The topological polar surface area (TPSA) is 140 Å². The molecule has 1 aromatic heterocycles. The van der Waals surface area contributed by atoms with Crippen LogP contribution in [0.5, 0.6) is 0 Å². The van der Waals surface area contributed by atoms with Gasteiger partial charge in [0.2, 0.25) is 0 Å². The molecule has 0 aromatic carbocycles. The maximum atomic E-state index is 11.6. The Kier molecular flexibility index (Phi) is 3.59. The van der Waals surface area contributed by atoms with Gasteiger partial charge in [-0.1, -0.05) is 0 Å². The van der Waals surface area contributed by atoms with Gasteiger partial charge in [-0.15, -0.1) is 0 Å². The minimum absolute atomic E-state index is 0.449. The lowest BCUT2D eigenvalue weighted by Crippen LogP contribution is -2.40. The van der Waals surface area contributed by atoms with Crippen LogP contribution >= 0.6 is 0 Å². The first kappa shape index (κ1) is 12.9. The summed E-state index contributed by atoms with van der Waals surface area (Å²) in [4.78, 5) is 29.1. The summed E-state index contributed by atoms with van der Waals surface area (Å²) in [6.07, 6.45) is -2.94. The van der Waals surface area contributed by atoms with Crippen molar-refractivity contribution in [1.82, 2.24) is 9.55 Å². The van der Waals surface area contributed by atoms with E-state index in [1.165, 1.54) is 6.20 Å². The van der Waals surface area contributed by atoms with Crippen LogP contribution in [0, 0.1) is 0 Å². The summed E-state index contributed by atoms with van der Waals surface area (Å²) in [5, 5.41) is 18.7. The van der Waals surface area contributed by atoms with Crippen LogP contribution in [0.25, 0.3) is 0 Å². The third-order valence-electron chi connectivity index (χ3n) is 2.78. The van der Waals surface area contributed by atoms with Crippen molar-refractivity contribution >= 4 is 0 Å². The van der Waals surface area contributed by atoms with Gasteiger partial charge in [-0.25, -0.2) is 10.7 Å². The number of nitrogens with two attached hydrogens (primary N) is 1. The molecule has 5 N–H and O–H groups in total. The molecule has 100 valence electrons. The smallest absolute Gasteiger partial charge is 0.330 e. The lowest BCUT2D eigenvalue weighted by atomic mass is 10.1. The standard InChI is InChI=1S/C9H13N3O6/c10-18-7-6(15)4(3-13)17-8(7)12-2-1-5(14)11-9(12)16/h1-2,4,6-8,13,15H,3,10H2,(H,11,14,16)/t4-,6?,7?,8-/m1/s1. The van der Waals surface area contributed by atoms with Gasteiger partial charge in [-0.2, -0.15) is 0 Å². The second kappa shape index (κ2) is 5.00. The van der Waals surface area contributed by atoms with E-state index in [2.05, 4.69) is 4.84 Å². The molecule has 2 rings (SSSR count). The van der Waals surface area contributed by atoms with Crippen LogP contribution in [0.2, 0.25) is 0 Å². The first-order valence-electron chi connectivity index (χ1n) is 5.20. The number of H-pyrrole nitrogens is 1. The molecule has 0 aliphatic carbocycles. The van der Waals surface area contributed by atoms with Gasteiger partial charge < -0.3 is 14.9 Å². The van der Waals surface area contributed by atoms with Gasteiger partial charge in [0.1, 0.15) is 12.2 Å². The Labute approximate surface area is 100 Å². The van der Waals surface area contributed by atoms with E-state index < -0.39 is 42.4 Å². The van der Waals surface area contributed by atoms with E-state index in [0.717, 1.165) is 10.6 Å². The van der Waals surface area contributed by atoms with Crippen molar-refractivity contribution < 1.29 is 19.8 Å². The van der Waals surface area contributed by atoms with Crippen molar-refractivity contribution in [2.75, 3.05) is 6.61 Å². The molecule has 0 radical (unpaired) electrons. The molecule has 1 aromatic rings. The minimum atomic E-state index is -1.18. The van der Waals surface area contributed by atoms with Gasteiger partial charge in [-0.05, 0) is 0 Å². The Morgan fingerprint density at radius 1 is 1.56 bits per heavy atom. The van der Waals surface area contributed by atoms with Gasteiger partial charge in [0.25, 0.3) is 5.56 Å². The molecule has 2 heterocycles. The van der Waals surface area contributed by atoms with Crippen LogP contribution in [-0.4, -0.2) is 44.7 Å². The quantitative estimate of drug-likeness (QED) is 0.425. The summed E-state index contributed by atoms with van der Waals surface area (Å²) in [5.74, 6) is 5.04. The highest BCUT2D eigenvalue weighted by atomic mass is 16.7. The second-order valence-electron chi connectivity index (χ2n) is 3.86. The van der Waals surface area contributed by atoms with Crippen molar-refractivity contribution in [1.29, 1.82) is 0 Å². The fourth-order valence-electron chi connectivity index (χ4n) is 1.87. The Bertz CT molecular complexity index is 526. The van der Waals surface area contributed by atoms with E-state index in [-0.39, 0.29) is 0 Å². The van der Waals surface area contributed by atoms with Crippen molar-refractivity contribution in [2.24, 2.45) is 5.90 Å². The molecule has 1 fully saturated rings. The third kappa shape index (κ3) is 2.09. The lowest BCUT2D eigenvalue weighted by molar-refractivity contribution is -0.0756. The average molecular weight is 259 g/mol. The molecule has 9 nitrogen and oxygen atoms in total. The number of aromatic nitrogens is 2. The van der Waals surface area contributed by atoms with E-state index in [1.54, 1.807) is 0 Å². The van der Waals surface area contributed by atoms with E-state index in [9.17, 15) is 14.7 Å². The molecule has 0 spiro atoms. The zero-order valence-electron chi connectivity index (χ0n) is 9.22. The van der Waals surface area contributed by atoms with E-state index in [1.807, 2.05) is 4.98 Å². The van der Waals surface area contributed by atoms with Gasteiger partial charge in [0.05, 0.1) is 6.61 Å². The molecule has 2 unspecified atom stereocenters. The summed E-state index contributed by atoms with van der Waals surface area (Å²) < 4.78 is 6.29. The Morgan fingerprint density at radius 3 is 2.83 bits per heavy atom. The largest absolute Gasteiger partial charge is 0.394 e. The van der Waals surface area contributed by atoms with Crippen LogP contribution in [0.4, 0.5) is 0 Å². The number of hydrogen-bond acceptors (Lipinski definition) is 7.